The summed E-state index contributed by atoms with van der Waals surface area (Å²) in [6.45, 7) is 0. The van der Waals surface area contributed by atoms with Crippen LogP contribution >= 0.6 is 0 Å². The van der Waals surface area contributed by atoms with Gasteiger partial charge in [0.25, 0.3) is 20.2 Å². The average molecular weight is 380 g/mol. The standard InChI is InChI=1S/C13H8O7S2.K.H/c14-13-11-5-7(21(15,16)17)1-3-9(11)10-4-2-8(6-12(10)13)22(18,19)20;;/h1-6H,(H,15,16,17)(H,18,19,20);;. The van der Waals surface area contributed by atoms with E-state index < -0.39 is 35.8 Å². The number of hydrogen-bond donors (Lipinski definition) is 2. The maximum atomic E-state index is 12.3. The quantitative estimate of drug-likeness (QED) is 0.496. The van der Waals surface area contributed by atoms with E-state index in [2.05, 4.69) is 0 Å². The van der Waals surface area contributed by atoms with Gasteiger partial charge in [0.15, 0.2) is 5.78 Å². The summed E-state index contributed by atoms with van der Waals surface area (Å²) in [7, 11) is -8.91. The van der Waals surface area contributed by atoms with E-state index in [1.807, 2.05) is 0 Å². The van der Waals surface area contributed by atoms with Crippen LogP contribution in [0.25, 0.3) is 11.1 Å². The summed E-state index contributed by atoms with van der Waals surface area (Å²) in [4.78, 5) is 11.4. The molecule has 10 heteroatoms. The van der Waals surface area contributed by atoms with E-state index in [9.17, 15) is 21.6 Å². The molecule has 0 unspecified atom stereocenters. The van der Waals surface area contributed by atoms with Crippen LogP contribution in [0.1, 0.15) is 15.9 Å². The van der Waals surface area contributed by atoms with Crippen LogP contribution in [0.4, 0.5) is 0 Å². The fraction of sp³-hybridized carbons (Fsp3) is 0. The average Bonchev–Trinajstić information content (AvgIpc) is 2.70. The summed E-state index contributed by atoms with van der Waals surface area (Å²) in [5, 5.41) is 0. The molecule has 7 nitrogen and oxygen atoms in total. The normalized spacial score (nSPS) is 13.2. The van der Waals surface area contributed by atoms with Gasteiger partial charge in [0.1, 0.15) is 0 Å². The van der Waals surface area contributed by atoms with Gasteiger partial charge >= 0.3 is 51.4 Å². The summed E-state index contributed by atoms with van der Waals surface area (Å²) in [6.07, 6.45) is 0. The summed E-state index contributed by atoms with van der Waals surface area (Å²) >= 11 is 0. The van der Waals surface area contributed by atoms with E-state index in [0.717, 1.165) is 24.3 Å². The molecular formula is C13H9KO7S2. The van der Waals surface area contributed by atoms with Crippen molar-refractivity contribution in [1.29, 1.82) is 0 Å². The number of carbonyl (C=O) groups is 1. The molecule has 0 aromatic heterocycles. The molecule has 0 atom stereocenters. The van der Waals surface area contributed by atoms with Gasteiger partial charge < -0.3 is 0 Å². The molecule has 0 fully saturated rings. The predicted molar refractivity (Wildman–Crippen MR) is 82.1 cm³/mol. The molecule has 0 saturated carbocycles. The Morgan fingerprint density at radius 2 is 1.00 bits per heavy atom. The summed E-state index contributed by atoms with van der Waals surface area (Å²) in [6, 6.07) is 7.06. The number of fused-ring (bicyclic) bond motifs is 3. The van der Waals surface area contributed by atoms with Crippen molar-refractivity contribution in [2.75, 3.05) is 0 Å². The zero-order valence-corrected chi connectivity index (χ0v) is 12.3. The van der Waals surface area contributed by atoms with Crippen LogP contribution in [0.2, 0.25) is 0 Å². The Labute approximate surface area is 174 Å². The van der Waals surface area contributed by atoms with Crippen molar-refractivity contribution in [2.24, 2.45) is 0 Å². The van der Waals surface area contributed by atoms with Crippen molar-refractivity contribution >= 4 is 77.4 Å². The van der Waals surface area contributed by atoms with Crippen LogP contribution in [-0.4, -0.2) is 83.1 Å². The maximum absolute atomic E-state index is 12.3. The Balaban J connectivity index is 0.00000192. The molecule has 0 saturated heterocycles. The van der Waals surface area contributed by atoms with Gasteiger partial charge in [0, 0.05) is 11.1 Å². The topological polar surface area (TPSA) is 126 Å². The van der Waals surface area contributed by atoms with E-state index >= 15 is 0 Å². The molecule has 1 aliphatic rings. The van der Waals surface area contributed by atoms with E-state index in [-0.39, 0.29) is 62.5 Å². The van der Waals surface area contributed by atoms with Gasteiger partial charge in [-0.1, -0.05) is 12.1 Å². The van der Waals surface area contributed by atoms with Gasteiger partial charge in [-0.25, -0.2) is 0 Å². The first-order valence-corrected chi connectivity index (χ1v) is 8.75. The molecule has 0 radical (unpaired) electrons. The number of rotatable bonds is 2. The monoisotopic (exact) mass is 380 g/mol. The van der Waals surface area contributed by atoms with E-state index in [1.54, 1.807) is 0 Å². The first kappa shape index (κ1) is 18.9. The third-order valence-corrected chi connectivity index (χ3v) is 5.06. The summed E-state index contributed by atoms with van der Waals surface area (Å²) < 4.78 is 62.6. The predicted octanol–water partition coefficient (Wildman–Crippen LogP) is 0.743. The molecule has 23 heavy (non-hydrogen) atoms. The molecule has 3 rings (SSSR count). The fourth-order valence-corrected chi connectivity index (χ4v) is 3.37. The Morgan fingerprint density at radius 3 is 1.30 bits per heavy atom. The number of carbonyl (C=O) groups excluding carboxylic acids is 1. The summed E-state index contributed by atoms with van der Waals surface area (Å²) in [5.74, 6) is -0.582. The third kappa shape index (κ3) is 3.36. The Morgan fingerprint density at radius 1 is 0.652 bits per heavy atom. The molecule has 0 spiro atoms. The van der Waals surface area contributed by atoms with Gasteiger partial charge in [0.2, 0.25) is 0 Å². The minimum absolute atomic E-state index is 0. The van der Waals surface area contributed by atoms with Gasteiger partial charge in [-0.3, -0.25) is 13.9 Å². The van der Waals surface area contributed by atoms with Crippen LogP contribution in [0.15, 0.2) is 46.2 Å². The molecule has 116 valence electrons. The second kappa shape index (κ2) is 6.13. The SMILES string of the molecule is O=C1c2cc(S(=O)(=O)O)ccc2-c2ccc(S(=O)(=O)O)cc21.[KH]. The molecule has 2 N–H and O–H groups in total. The van der Waals surface area contributed by atoms with Gasteiger partial charge in [-0.15, -0.1) is 0 Å². The van der Waals surface area contributed by atoms with Crippen molar-refractivity contribution in [3.8, 4) is 11.1 Å². The second-order valence-corrected chi connectivity index (χ2v) is 7.54. The summed E-state index contributed by atoms with van der Waals surface area (Å²) in [5.41, 5.74) is 0.929. The molecule has 0 heterocycles. The molecule has 0 aliphatic heterocycles. The van der Waals surface area contributed by atoms with E-state index in [4.69, 9.17) is 9.11 Å². The van der Waals surface area contributed by atoms with Crippen LogP contribution < -0.4 is 0 Å². The zero-order valence-electron chi connectivity index (χ0n) is 10.7. The van der Waals surface area contributed by atoms with Crippen LogP contribution in [0, 0.1) is 0 Å². The van der Waals surface area contributed by atoms with Crippen LogP contribution in [-0.2, 0) is 20.2 Å². The first-order chi connectivity index (χ1) is 10.1. The Kier molecular flexibility index (Phi) is 5.04. The van der Waals surface area contributed by atoms with Crippen LogP contribution in [0.3, 0.4) is 0 Å². The Bertz CT molecular complexity index is 956. The van der Waals surface area contributed by atoms with Crippen molar-refractivity contribution in [3.05, 3.63) is 47.5 Å². The van der Waals surface area contributed by atoms with Crippen LogP contribution in [0.5, 0.6) is 0 Å². The molecular weight excluding hydrogens is 371 g/mol. The second-order valence-electron chi connectivity index (χ2n) is 4.69. The van der Waals surface area contributed by atoms with Gasteiger partial charge in [-0.05, 0) is 35.4 Å². The van der Waals surface area contributed by atoms with Crippen molar-refractivity contribution in [3.63, 3.8) is 0 Å². The van der Waals surface area contributed by atoms with Crippen molar-refractivity contribution < 1.29 is 30.7 Å². The first-order valence-electron chi connectivity index (χ1n) is 5.87. The van der Waals surface area contributed by atoms with Crippen molar-refractivity contribution in [1.82, 2.24) is 0 Å². The third-order valence-electron chi connectivity index (χ3n) is 3.36. The van der Waals surface area contributed by atoms with Gasteiger partial charge in [-0.2, -0.15) is 16.8 Å². The molecule has 0 amide bonds. The molecule has 2 aromatic rings. The van der Waals surface area contributed by atoms with Crippen molar-refractivity contribution in [2.45, 2.75) is 9.79 Å². The number of ketones is 1. The van der Waals surface area contributed by atoms with Gasteiger partial charge in [0.05, 0.1) is 9.79 Å². The fourth-order valence-electron chi connectivity index (χ4n) is 2.36. The Hall–Kier alpha value is -0.434. The minimum atomic E-state index is -4.45. The van der Waals surface area contributed by atoms with E-state index in [0.29, 0.717) is 11.1 Å². The molecule has 1 aliphatic carbocycles. The number of benzene rings is 2. The molecule has 0 bridgehead atoms. The number of hydrogen-bond acceptors (Lipinski definition) is 5. The zero-order chi connectivity index (χ0) is 16.3. The molecule has 2 aromatic carbocycles. The van der Waals surface area contributed by atoms with E-state index in [1.165, 1.54) is 12.1 Å².